The van der Waals surface area contributed by atoms with E-state index in [9.17, 15) is 0 Å². The number of hydrogen-bond acceptors (Lipinski definition) is 5. The first-order valence-corrected chi connectivity index (χ1v) is 7.26. The van der Waals surface area contributed by atoms with Crippen molar-refractivity contribution in [3.8, 4) is 17.2 Å². The second kappa shape index (κ2) is 6.54. The van der Waals surface area contributed by atoms with Crippen molar-refractivity contribution in [2.45, 2.75) is 25.9 Å². The minimum absolute atomic E-state index is 0.105. The highest BCUT2D eigenvalue weighted by Crippen LogP contribution is 2.36. The highest BCUT2D eigenvalue weighted by Gasteiger charge is 2.31. The molecular formula is C16H26N2O3. The van der Waals surface area contributed by atoms with Crippen molar-refractivity contribution in [2.24, 2.45) is 0 Å². The molecule has 1 N–H and O–H groups in total. The molecule has 1 aromatic rings. The first kappa shape index (κ1) is 15.9. The normalized spacial score (nSPS) is 18.3. The summed E-state index contributed by atoms with van der Waals surface area (Å²) in [5, 5.41) is 3.44. The van der Waals surface area contributed by atoms with Gasteiger partial charge in [-0.3, -0.25) is 4.90 Å². The van der Waals surface area contributed by atoms with Gasteiger partial charge in [-0.1, -0.05) is 0 Å². The fourth-order valence-corrected chi connectivity index (χ4v) is 2.74. The average Bonchev–Trinajstić information content (AvgIpc) is 2.48. The molecule has 0 bridgehead atoms. The van der Waals surface area contributed by atoms with Crippen LogP contribution in [-0.2, 0) is 6.54 Å². The van der Waals surface area contributed by atoms with Gasteiger partial charge in [0.05, 0.1) is 26.9 Å². The summed E-state index contributed by atoms with van der Waals surface area (Å²) in [4.78, 5) is 2.45. The van der Waals surface area contributed by atoms with Gasteiger partial charge in [-0.05, 0) is 13.8 Å². The minimum atomic E-state index is 0.105. The van der Waals surface area contributed by atoms with Gasteiger partial charge < -0.3 is 19.5 Å². The molecule has 0 unspecified atom stereocenters. The van der Waals surface area contributed by atoms with Crippen molar-refractivity contribution < 1.29 is 14.2 Å². The molecule has 1 aliphatic rings. The first-order chi connectivity index (χ1) is 10.0. The molecule has 1 saturated heterocycles. The molecule has 1 aliphatic heterocycles. The van der Waals surface area contributed by atoms with E-state index in [0.717, 1.165) is 49.0 Å². The maximum atomic E-state index is 5.54. The molecular weight excluding hydrogens is 268 g/mol. The lowest BCUT2D eigenvalue weighted by Crippen LogP contribution is -2.57. The molecule has 2 rings (SSSR count). The summed E-state index contributed by atoms with van der Waals surface area (Å²) in [7, 11) is 5.01. The van der Waals surface area contributed by atoms with Gasteiger partial charge in [-0.25, -0.2) is 0 Å². The Balaban J connectivity index is 2.33. The molecule has 0 saturated carbocycles. The highest BCUT2D eigenvalue weighted by molar-refractivity contribution is 5.50. The standard InChI is InChI=1S/C16H26N2O3/c1-16(2)11-17-6-7-18(16)10-13-14(20-4)8-12(19-3)9-15(13)21-5/h8-9,17H,6-7,10-11H2,1-5H3. The van der Waals surface area contributed by atoms with Crippen LogP contribution >= 0.6 is 0 Å². The minimum Gasteiger partial charge on any atom is -0.496 e. The van der Waals surface area contributed by atoms with Crippen molar-refractivity contribution in [3.05, 3.63) is 17.7 Å². The fourth-order valence-electron chi connectivity index (χ4n) is 2.74. The van der Waals surface area contributed by atoms with Crippen molar-refractivity contribution >= 4 is 0 Å². The summed E-state index contributed by atoms with van der Waals surface area (Å²) in [5.41, 5.74) is 1.17. The second-order valence-electron chi connectivity index (χ2n) is 5.92. The van der Waals surface area contributed by atoms with Crippen LogP contribution < -0.4 is 19.5 Å². The molecule has 1 fully saturated rings. The third-order valence-electron chi connectivity index (χ3n) is 4.14. The summed E-state index contributed by atoms with van der Waals surface area (Å²) < 4.78 is 16.4. The van der Waals surface area contributed by atoms with Crippen LogP contribution in [0.2, 0.25) is 0 Å². The molecule has 0 spiro atoms. The van der Waals surface area contributed by atoms with Crippen LogP contribution in [-0.4, -0.2) is 51.4 Å². The molecule has 0 amide bonds. The van der Waals surface area contributed by atoms with Crippen molar-refractivity contribution in [1.29, 1.82) is 0 Å². The van der Waals surface area contributed by atoms with Gasteiger partial charge in [-0.2, -0.15) is 0 Å². The fraction of sp³-hybridized carbons (Fsp3) is 0.625. The topological polar surface area (TPSA) is 43.0 Å². The zero-order chi connectivity index (χ0) is 15.5. The van der Waals surface area contributed by atoms with E-state index in [1.54, 1.807) is 21.3 Å². The smallest absolute Gasteiger partial charge is 0.130 e. The maximum Gasteiger partial charge on any atom is 0.130 e. The summed E-state index contributed by atoms with van der Waals surface area (Å²) in [6.07, 6.45) is 0. The van der Waals surface area contributed by atoms with Crippen LogP contribution in [0, 0.1) is 0 Å². The molecule has 5 heteroatoms. The number of nitrogens with one attached hydrogen (secondary N) is 1. The van der Waals surface area contributed by atoms with Crippen LogP contribution in [0.5, 0.6) is 17.2 Å². The molecule has 21 heavy (non-hydrogen) atoms. The van der Waals surface area contributed by atoms with E-state index in [1.165, 1.54) is 0 Å². The molecule has 0 aromatic heterocycles. The maximum absolute atomic E-state index is 5.54. The molecule has 0 radical (unpaired) electrons. The SMILES string of the molecule is COc1cc(OC)c(CN2CCNCC2(C)C)c(OC)c1. The van der Waals surface area contributed by atoms with Gasteiger partial charge in [0.1, 0.15) is 17.2 Å². The van der Waals surface area contributed by atoms with Crippen LogP contribution in [0.3, 0.4) is 0 Å². The second-order valence-corrected chi connectivity index (χ2v) is 5.92. The van der Waals surface area contributed by atoms with Gasteiger partial charge in [0.15, 0.2) is 0 Å². The van der Waals surface area contributed by atoms with Crippen molar-refractivity contribution in [1.82, 2.24) is 10.2 Å². The number of piperazine rings is 1. The van der Waals surface area contributed by atoms with E-state index in [1.807, 2.05) is 12.1 Å². The summed E-state index contributed by atoms with van der Waals surface area (Å²) in [6.45, 7) is 8.29. The van der Waals surface area contributed by atoms with Gasteiger partial charge in [0.2, 0.25) is 0 Å². The lowest BCUT2D eigenvalue weighted by Gasteiger charge is -2.43. The molecule has 1 heterocycles. The van der Waals surface area contributed by atoms with E-state index in [-0.39, 0.29) is 5.54 Å². The van der Waals surface area contributed by atoms with Crippen molar-refractivity contribution in [2.75, 3.05) is 41.0 Å². The van der Waals surface area contributed by atoms with Crippen LogP contribution in [0.1, 0.15) is 19.4 Å². The van der Waals surface area contributed by atoms with Gasteiger partial charge >= 0.3 is 0 Å². The molecule has 0 aliphatic carbocycles. The van der Waals surface area contributed by atoms with E-state index < -0.39 is 0 Å². The van der Waals surface area contributed by atoms with E-state index in [2.05, 4.69) is 24.1 Å². The molecule has 5 nitrogen and oxygen atoms in total. The Labute approximate surface area is 127 Å². The Hall–Kier alpha value is -1.46. The van der Waals surface area contributed by atoms with Crippen LogP contribution in [0.25, 0.3) is 0 Å². The quantitative estimate of drug-likeness (QED) is 0.898. The van der Waals surface area contributed by atoms with Gasteiger partial charge in [-0.15, -0.1) is 0 Å². The number of ether oxygens (including phenoxy) is 3. The molecule has 1 aromatic carbocycles. The monoisotopic (exact) mass is 294 g/mol. The lowest BCUT2D eigenvalue weighted by molar-refractivity contribution is 0.0809. The Morgan fingerprint density at radius 2 is 1.71 bits per heavy atom. The van der Waals surface area contributed by atoms with E-state index >= 15 is 0 Å². The van der Waals surface area contributed by atoms with Gasteiger partial charge in [0.25, 0.3) is 0 Å². The van der Waals surface area contributed by atoms with Crippen molar-refractivity contribution in [3.63, 3.8) is 0 Å². The molecule has 118 valence electrons. The van der Waals surface area contributed by atoms with Crippen LogP contribution in [0.15, 0.2) is 12.1 Å². The Morgan fingerprint density at radius 1 is 1.10 bits per heavy atom. The third-order valence-corrected chi connectivity index (χ3v) is 4.14. The summed E-state index contributed by atoms with van der Waals surface area (Å²) in [6, 6.07) is 3.82. The Bertz CT molecular complexity index is 463. The van der Waals surface area contributed by atoms with Gasteiger partial charge in [0, 0.05) is 43.9 Å². The lowest BCUT2D eigenvalue weighted by atomic mass is 9.98. The largest absolute Gasteiger partial charge is 0.496 e. The summed E-state index contributed by atoms with van der Waals surface area (Å²) >= 11 is 0. The highest BCUT2D eigenvalue weighted by atomic mass is 16.5. The first-order valence-electron chi connectivity index (χ1n) is 7.26. The zero-order valence-electron chi connectivity index (χ0n) is 13.7. The predicted octanol–water partition coefficient (Wildman–Crippen LogP) is 1.90. The van der Waals surface area contributed by atoms with E-state index in [0.29, 0.717) is 0 Å². The number of methoxy groups -OCH3 is 3. The summed E-state index contributed by atoms with van der Waals surface area (Å²) in [5.74, 6) is 2.35. The van der Waals surface area contributed by atoms with Crippen LogP contribution in [0.4, 0.5) is 0 Å². The van der Waals surface area contributed by atoms with E-state index in [4.69, 9.17) is 14.2 Å². The Kier molecular flexibility index (Phi) is 4.96. The predicted molar refractivity (Wildman–Crippen MR) is 83.5 cm³/mol. The average molecular weight is 294 g/mol. The number of rotatable bonds is 5. The third kappa shape index (κ3) is 3.41. The number of nitrogens with zero attached hydrogens (tertiary/aromatic N) is 1. The zero-order valence-corrected chi connectivity index (χ0v) is 13.7. The molecule has 0 atom stereocenters. The number of hydrogen-bond donors (Lipinski definition) is 1. The Morgan fingerprint density at radius 3 is 2.19 bits per heavy atom. The number of benzene rings is 1.